The van der Waals surface area contributed by atoms with Gasteiger partial charge in [0, 0.05) is 5.56 Å². The molecule has 6 heteroatoms. The van der Waals surface area contributed by atoms with E-state index in [1.807, 2.05) is 13.0 Å². The second-order valence-electron chi connectivity index (χ2n) is 5.16. The highest BCUT2D eigenvalue weighted by molar-refractivity contribution is 5.85. The third-order valence-electron chi connectivity index (χ3n) is 3.56. The summed E-state index contributed by atoms with van der Waals surface area (Å²) in [4.78, 5) is 16.9. The van der Waals surface area contributed by atoms with Crippen LogP contribution in [-0.2, 0) is 0 Å². The second kappa shape index (κ2) is 6.54. The second-order valence-corrected chi connectivity index (χ2v) is 5.16. The first-order valence-electron chi connectivity index (χ1n) is 7.59. The van der Waals surface area contributed by atoms with Gasteiger partial charge in [-0.25, -0.2) is 4.98 Å². The van der Waals surface area contributed by atoms with Crippen LogP contribution < -0.4 is 10.3 Å². The first-order chi connectivity index (χ1) is 11.6. The summed E-state index contributed by atoms with van der Waals surface area (Å²) in [5.41, 5.74) is 0.836. The number of fused-ring (bicyclic) bond motifs is 1. The first-order valence-corrected chi connectivity index (χ1v) is 7.59. The Labute approximate surface area is 138 Å². The molecule has 24 heavy (non-hydrogen) atoms. The number of phenols is 1. The zero-order valence-electron chi connectivity index (χ0n) is 13.4. The molecule has 0 aliphatic rings. The number of aromatic nitrogens is 2. The zero-order chi connectivity index (χ0) is 17.1. The normalized spacial score (nSPS) is 11.2. The maximum atomic E-state index is 12.5. The van der Waals surface area contributed by atoms with Crippen LogP contribution in [-0.4, -0.2) is 27.6 Å². The Hall–Kier alpha value is -3.15. The van der Waals surface area contributed by atoms with E-state index in [2.05, 4.69) is 10.1 Å². The van der Waals surface area contributed by atoms with E-state index in [1.54, 1.807) is 43.3 Å². The Kier molecular flexibility index (Phi) is 4.29. The SMILES string of the molecule is CCOc1cccc(C=Nn2c(C)nc3ccccc3c2=O)c1O. The van der Waals surface area contributed by atoms with E-state index in [0.717, 1.165) is 0 Å². The van der Waals surface area contributed by atoms with Crippen molar-refractivity contribution in [3.8, 4) is 11.5 Å². The van der Waals surface area contributed by atoms with E-state index >= 15 is 0 Å². The van der Waals surface area contributed by atoms with Crippen molar-refractivity contribution in [1.29, 1.82) is 0 Å². The van der Waals surface area contributed by atoms with Gasteiger partial charge in [-0.05, 0) is 38.1 Å². The van der Waals surface area contributed by atoms with Crippen LogP contribution in [0.1, 0.15) is 18.3 Å². The Morgan fingerprint density at radius 2 is 2.04 bits per heavy atom. The van der Waals surface area contributed by atoms with Crippen molar-refractivity contribution in [3.63, 3.8) is 0 Å². The summed E-state index contributed by atoms with van der Waals surface area (Å²) in [7, 11) is 0. The smallest absolute Gasteiger partial charge is 0.282 e. The van der Waals surface area contributed by atoms with Gasteiger partial charge in [0.1, 0.15) is 5.82 Å². The summed E-state index contributed by atoms with van der Waals surface area (Å²) in [6.07, 6.45) is 1.42. The third kappa shape index (κ3) is 2.86. The van der Waals surface area contributed by atoms with E-state index in [4.69, 9.17) is 4.74 Å². The number of ether oxygens (including phenoxy) is 1. The molecule has 0 fully saturated rings. The molecule has 3 rings (SSSR count). The molecule has 0 spiro atoms. The van der Waals surface area contributed by atoms with Gasteiger partial charge >= 0.3 is 0 Å². The number of aromatic hydroxyl groups is 1. The number of hydrogen-bond donors (Lipinski definition) is 1. The van der Waals surface area contributed by atoms with Gasteiger partial charge in [0.05, 0.1) is 23.7 Å². The minimum atomic E-state index is -0.255. The van der Waals surface area contributed by atoms with Gasteiger partial charge in [-0.3, -0.25) is 4.79 Å². The van der Waals surface area contributed by atoms with Crippen LogP contribution in [0.15, 0.2) is 52.4 Å². The predicted molar refractivity (Wildman–Crippen MR) is 93.0 cm³/mol. The molecule has 0 aliphatic carbocycles. The van der Waals surface area contributed by atoms with Crippen LogP contribution in [0.3, 0.4) is 0 Å². The summed E-state index contributed by atoms with van der Waals surface area (Å²) in [6, 6.07) is 12.2. The average molecular weight is 323 g/mol. The van der Waals surface area contributed by atoms with Crippen molar-refractivity contribution in [3.05, 3.63) is 64.2 Å². The summed E-state index contributed by atoms with van der Waals surface area (Å²) in [5, 5.41) is 14.9. The number of nitrogens with zero attached hydrogens (tertiary/aromatic N) is 3. The quantitative estimate of drug-likeness (QED) is 0.749. The minimum Gasteiger partial charge on any atom is -0.504 e. The number of hydrogen-bond acceptors (Lipinski definition) is 5. The van der Waals surface area contributed by atoms with Crippen LogP contribution in [0.4, 0.5) is 0 Å². The largest absolute Gasteiger partial charge is 0.504 e. The molecule has 1 aromatic heterocycles. The summed E-state index contributed by atoms with van der Waals surface area (Å²) in [6.45, 7) is 3.99. The molecular weight excluding hydrogens is 306 g/mol. The highest BCUT2D eigenvalue weighted by Gasteiger charge is 2.08. The monoisotopic (exact) mass is 323 g/mol. The fraction of sp³-hybridized carbons (Fsp3) is 0.167. The van der Waals surface area contributed by atoms with Crippen molar-refractivity contribution in [2.45, 2.75) is 13.8 Å². The van der Waals surface area contributed by atoms with E-state index in [9.17, 15) is 9.90 Å². The molecular formula is C18H17N3O3. The van der Waals surface area contributed by atoms with Gasteiger partial charge in [0.2, 0.25) is 0 Å². The molecule has 1 N–H and O–H groups in total. The maximum Gasteiger partial charge on any atom is 0.282 e. The number of para-hydroxylation sites is 2. The molecule has 1 heterocycles. The fourth-order valence-electron chi connectivity index (χ4n) is 2.41. The number of aryl methyl sites for hydroxylation is 1. The van der Waals surface area contributed by atoms with Crippen molar-refractivity contribution in [2.24, 2.45) is 5.10 Å². The maximum absolute atomic E-state index is 12.5. The van der Waals surface area contributed by atoms with Crippen molar-refractivity contribution < 1.29 is 9.84 Å². The van der Waals surface area contributed by atoms with Crippen molar-refractivity contribution >= 4 is 17.1 Å². The third-order valence-corrected chi connectivity index (χ3v) is 3.56. The zero-order valence-corrected chi connectivity index (χ0v) is 13.4. The molecule has 122 valence electrons. The highest BCUT2D eigenvalue weighted by Crippen LogP contribution is 2.28. The minimum absolute atomic E-state index is 0.0115. The molecule has 0 bridgehead atoms. The van der Waals surface area contributed by atoms with Gasteiger partial charge in [-0.2, -0.15) is 9.78 Å². The Bertz CT molecular complexity index is 977. The van der Waals surface area contributed by atoms with Crippen LogP contribution in [0.5, 0.6) is 11.5 Å². The molecule has 0 unspecified atom stereocenters. The first kappa shape index (κ1) is 15.7. The van der Waals surface area contributed by atoms with E-state index in [-0.39, 0.29) is 11.3 Å². The number of benzene rings is 2. The Morgan fingerprint density at radius 3 is 2.83 bits per heavy atom. The lowest BCUT2D eigenvalue weighted by Crippen LogP contribution is -2.20. The molecule has 6 nitrogen and oxygen atoms in total. The van der Waals surface area contributed by atoms with Crippen molar-refractivity contribution in [2.75, 3.05) is 6.61 Å². The average Bonchev–Trinajstić information content (AvgIpc) is 2.58. The van der Waals surface area contributed by atoms with Gasteiger partial charge in [0.15, 0.2) is 11.5 Å². The summed E-state index contributed by atoms with van der Waals surface area (Å²) >= 11 is 0. The lowest BCUT2D eigenvalue weighted by Gasteiger charge is -2.08. The lowest BCUT2D eigenvalue weighted by molar-refractivity contribution is 0.318. The van der Waals surface area contributed by atoms with Gasteiger partial charge in [-0.15, -0.1) is 0 Å². The molecule has 0 saturated heterocycles. The molecule has 0 amide bonds. The molecule has 3 aromatic rings. The Morgan fingerprint density at radius 1 is 1.25 bits per heavy atom. The van der Waals surface area contributed by atoms with E-state index in [0.29, 0.717) is 34.6 Å². The van der Waals surface area contributed by atoms with E-state index in [1.165, 1.54) is 10.9 Å². The molecule has 0 atom stereocenters. The molecule has 0 radical (unpaired) electrons. The topological polar surface area (TPSA) is 76.7 Å². The van der Waals surface area contributed by atoms with Crippen LogP contribution in [0.2, 0.25) is 0 Å². The molecule has 0 aliphatic heterocycles. The molecule has 2 aromatic carbocycles. The predicted octanol–water partition coefficient (Wildman–Crippen LogP) is 2.69. The van der Waals surface area contributed by atoms with Crippen LogP contribution in [0, 0.1) is 6.92 Å². The van der Waals surface area contributed by atoms with Crippen LogP contribution in [0.25, 0.3) is 10.9 Å². The fourth-order valence-corrected chi connectivity index (χ4v) is 2.41. The number of phenolic OH excluding ortho intramolecular Hbond substituents is 1. The Balaban J connectivity index is 2.06. The van der Waals surface area contributed by atoms with Gasteiger partial charge < -0.3 is 9.84 Å². The molecule has 0 saturated carbocycles. The number of rotatable bonds is 4. The standard InChI is InChI=1S/C18H17N3O3/c1-3-24-16-10-6-7-13(17(16)22)11-19-21-12(2)20-15-9-5-4-8-14(15)18(21)23/h4-11,22H,3H2,1-2H3. The van der Waals surface area contributed by atoms with Crippen molar-refractivity contribution in [1.82, 2.24) is 9.66 Å². The summed E-state index contributed by atoms with van der Waals surface area (Å²) in [5.74, 6) is 0.833. The highest BCUT2D eigenvalue weighted by atomic mass is 16.5. The van der Waals surface area contributed by atoms with Crippen LogP contribution >= 0.6 is 0 Å². The lowest BCUT2D eigenvalue weighted by atomic mass is 10.2. The summed E-state index contributed by atoms with van der Waals surface area (Å²) < 4.78 is 6.56. The van der Waals surface area contributed by atoms with Gasteiger partial charge in [0.25, 0.3) is 5.56 Å². The van der Waals surface area contributed by atoms with Gasteiger partial charge in [-0.1, -0.05) is 18.2 Å². The van der Waals surface area contributed by atoms with E-state index < -0.39 is 0 Å².